The van der Waals surface area contributed by atoms with E-state index >= 15 is 0 Å². The quantitative estimate of drug-likeness (QED) is 0.807. The summed E-state index contributed by atoms with van der Waals surface area (Å²) in [5, 5.41) is 3.77. The Kier molecular flexibility index (Phi) is 6.79. The molecule has 0 unspecified atom stereocenters. The fourth-order valence-electron chi connectivity index (χ4n) is 3.70. The zero-order valence-corrected chi connectivity index (χ0v) is 13.9. The third-order valence-corrected chi connectivity index (χ3v) is 5.35. The van der Waals surface area contributed by atoms with Crippen LogP contribution in [-0.4, -0.2) is 62.7 Å². The zero-order chi connectivity index (χ0) is 14.4. The average molecular weight is 281 g/mol. The summed E-state index contributed by atoms with van der Waals surface area (Å²) in [6, 6.07) is 0.794. The SMILES string of the molecule is CC1CCC(NCCN(C)CC2CCN(C)CC2)CC1. The number of rotatable bonds is 6. The van der Waals surface area contributed by atoms with Gasteiger partial charge in [0.05, 0.1) is 0 Å². The Balaban J connectivity index is 1.52. The van der Waals surface area contributed by atoms with Gasteiger partial charge in [0.15, 0.2) is 0 Å². The maximum Gasteiger partial charge on any atom is 0.0104 e. The third-order valence-electron chi connectivity index (χ3n) is 5.35. The number of nitrogens with one attached hydrogen (secondary N) is 1. The molecule has 0 spiro atoms. The third kappa shape index (κ3) is 5.71. The summed E-state index contributed by atoms with van der Waals surface area (Å²) in [6.45, 7) is 8.64. The molecule has 1 saturated heterocycles. The van der Waals surface area contributed by atoms with Crippen LogP contribution in [0.25, 0.3) is 0 Å². The van der Waals surface area contributed by atoms with Crippen molar-refractivity contribution in [2.24, 2.45) is 11.8 Å². The lowest BCUT2D eigenvalue weighted by Crippen LogP contribution is -2.40. The minimum atomic E-state index is 0.794. The van der Waals surface area contributed by atoms with Crippen molar-refractivity contribution in [3.63, 3.8) is 0 Å². The number of hydrogen-bond donors (Lipinski definition) is 1. The highest BCUT2D eigenvalue weighted by molar-refractivity contribution is 4.76. The monoisotopic (exact) mass is 281 g/mol. The lowest BCUT2D eigenvalue weighted by Gasteiger charge is -2.32. The van der Waals surface area contributed by atoms with Gasteiger partial charge in [-0.3, -0.25) is 0 Å². The molecule has 2 rings (SSSR count). The first kappa shape index (κ1) is 16.3. The molecule has 1 aliphatic carbocycles. The van der Waals surface area contributed by atoms with Crippen LogP contribution < -0.4 is 5.32 Å². The fraction of sp³-hybridized carbons (Fsp3) is 1.00. The molecule has 118 valence electrons. The number of hydrogen-bond acceptors (Lipinski definition) is 3. The highest BCUT2D eigenvalue weighted by Gasteiger charge is 2.19. The molecule has 20 heavy (non-hydrogen) atoms. The normalized spacial score (nSPS) is 30.0. The van der Waals surface area contributed by atoms with Gasteiger partial charge >= 0.3 is 0 Å². The molecule has 1 heterocycles. The minimum absolute atomic E-state index is 0.794. The van der Waals surface area contributed by atoms with Crippen LogP contribution in [0.4, 0.5) is 0 Å². The molecule has 1 N–H and O–H groups in total. The van der Waals surface area contributed by atoms with Gasteiger partial charge in [-0.05, 0) is 77.5 Å². The van der Waals surface area contributed by atoms with Gasteiger partial charge in [-0.25, -0.2) is 0 Å². The van der Waals surface area contributed by atoms with Gasteiger partial charge in [0.1, 0.15) is 0 Å². The van der Waals surface area contributed by atoms with Crippen LogP contribution in [0.5, 0.6) is 0 Å². The van der Waals surface area contributed by atoms with Gasteiger partial charge < -0.3 is 15.1 Å². The first-order chi connectivity index (χ1) is 9.63. The van der Waals surface area contributed by atoms with E-state index in [4.69, 9.17) is 0 Å². The number of nitrogens with zero attached hydrogens (tertiary/aromatic N) is 2. The van der Waals surface area contributed by atoms with E-state index in [9.17, 15) is 0 Å². The molecule has 0 aromatic carbocycles. The second-order valence-corrected chi connectivity index (χ2v) is 7.42. The van der Waals surface area contributed by atoms with Crippen molar-refractivity contribution < 1.29 is 0 Å². The van der Waals surface area contributed by atoms with Crippen LogP contribution in [0.3, 0.4) is 0 Å². The van der Waals surface area contributed by atoms with E-state index in [1.807, 2.05) is 0 Å². The molecule has 3 nitrogen and oxygen atoms in total. The van der Waals surface area contributed by atoms with Crippen molar-refractivity contribution >= 4 is 0 Å². The molecule has 1 saturated carbocycles. The van der Waals surface area contributed by atoms with E-state index in [-0.39, 0.29) is 0 Å². The molecule has 2 aliphatic rings. The molecule has 1 aliphatic heterocycles. The molecule has 0 amide bonds. The van der Waals surface area contributed by atoms with E-state index in [0.717, 1.165) is 17.9 Å². The first-order valence-corrected chi connectivity index (χ1v) is 8.74. The Morgan fingerprint density at radius 3 is 2.35 bits per heavy atom. The summed E-state index contributed by atoms with van der Waals surface area (Å²) >= 11 is 0. The van der Waals surface area contributed by atoms with Crippen LogP contribution in [0.15, 0.2) is 0 Å². The second-order valence-electron chi connectivity index (χ2n) is 7.42. The van der Waals surface area contributed by atoms with Crippen molar-refractivity contribution in [1.82, 2.24) is 15.1 Å². The average Bonchev–Trinajstić information content (AvgIpc) is 2.44. The largest absolute Gasteiger partial charge is 0.313 e. The zero-order valence-electron chi connectivity index (χ0n) is 13.9. The van der Waals surface area contributed by atoms with Gasteiger partial charge in [-0.1, -0.05) is 6.92 Å². The predicted octanol–water partition coefficient (Wildman–Crippen LogP) is 2.43. The standard InChI is InChI=1S/C17H35N3/c1-15-4-6-17(7-5-15)18-10-13-20(3)14-16-8-11-19(2)12-9-16/h15-18H,4-14H2,1-3H3. The van der Waals surface area contributed by atoms with Crippen LogP contribution in [0.1, 0.15) is 45.4 Å². The summed E-state index contributed by atoms with van der Waals surface area (Å²) in [6.07, 6.45) is 8.38. The fourth-order valence-corrected chi connectivity index (χ4v) is 3.70. The number of piperidine rings is 1. The molecule has 3 heteroatoms. The van der Waals surface area contributed by atoms with Gasteiger partial charge in [0.2, 0.25) is 0 Å². The van der Waals surface area contributed by atoms with Crippen molar-refractivity contribution in [3.05, 3.63) is 0 Å². The predicted molar refractivity (Wildman–Crippen MR) is 87.1 cm³/mol. The highest BCUT2D eigenvalue weighted by atomic mass is 15.1. The van der Waals surface area contributed by atoms with Crippen molar-refractivity contribution in [2.45, 2.75) is 51.5 Å². The summed E-state index contributed by atoms with van der Waals surface area (Å²) in [5.74, 6) is 1.88. The highest BCUT2D eigenvalue weighted by Crippen LogP contribution is 2.23. The summed E-state index contributed by atoms with van der Waals surface area (Å²) < 4.78 is 0. The van der Waals surface area contributed by atoms with Crippen molar-refractivity contribution in [2.75, 3.05) is 46.8 Å². The topological polar surface area (TPSA) is 18.5 Å². The molecule has 0 aromatic rings. The Morgan fingerprint density at radius 1 is 1.05 bits per heavy atom. The van der Waals surface area contributed by atoms with Crippen LogP contribution in [0, 0.1) is 11.8 Å². The van der Waals surface area contributed by atoms with E-state index in [1.54, 1.807) is 0 Å². The Labute approximate surface area is 126 Å². The molecular weight excluding hydrogens is 246 g/mol. The maximum absolute atomic E-state index is 3.77. The molecular formula is C17H35N3. The van der Waals surface area contributed by atoms with E-state index in [0.29, 0.717) is 0 Å². The Hall–Kier alpha value is -0.120. The van der Waals surface area contributed by atoms with Crippen LogP contribution >= 0.6 is 0 Å². The van der Waals surface area contributed by atoms with Gasteiger partial charge in [-0.15, -0.1) is 0 Å². The maximum atomic E-state index is 3.77. The lowest BCUT2D eigenvalue weighted by molar-refractivity contribution is 0.175. The second kappa shape index (κ2) is 8.35. The van der Waals surface area contributed by atoms with Gasteiger partial charge in [0.25, 0.3) is 0 Å². The van der Waals surface area contributed by atoms with Crippen molar-refractivity contribution in [3.8, 4) is 0 Å². The van der Waals surface area contributed by atoms with Crippen molar-refractivity contribution in [1.29, 1.82) is 0 Å². The lowest BCUT2D eigenvalue weighted by atomic mass is 9.87. The molecule has 0 atom stereocenters. The molecule has 0 aromatic heterocycles. The number of likely N-dealkylation sites (N-methyl/N-ethyl adjacent to an activating group) is 1. The van der Waals surface area contributed by atoms with E-state index in [2.05, 4.69) is 36.1 Å². The minimum Gasteiger partial charge on any atom is -0.313 e. The smallest absolute Gasteiger partial charge is 0.0104 e. The van der Waals surface area contributed by atoms with Crippen LogP contribution in [0.2, 0.25) is 0 Å². The molecule has 0 radical (unpaired) electrons. The Morgan fingerprint density at radius 2 is 1.70 bits per heavy atom. The molecule has 2 fully saturated rings. The van der Waals surface area contributed by atoms with E-state index in [1.165, 1.54) is 71.2 Å². The van der Waals surface area contributed by atoms with E-state index < -0.39 is 0 Å². The number of likely N-dealkylation sites (tertiary alicyclic amines) is 1. The summed E-state index contributed by atoms with van der Waals surface area (Å²) in [7, 11) is 4.54. The molecule has 0 bridgehead atoms. The first-order valence-electron chi connectivity index (χ1n) is 8.74. The van der Waals surface area contributed by atoms with Gasteiger partial charge in [0, 0.05) is 25.7 Å². The summed E-state index contributed by atoms with van der Waals surface area (Å²) in [5.41, 5.74) is 0. The summed E-state index contributed by atoms with van der Waals surface area (Å²) in [4.78, 5) is 5.00. The Bertz CT molecular complexity index is 253. The van der Waals surface area contributed by atoms with Crippen LogP contribution in [-0.2, 0) is 0 Å². The van der Waals surface area contributed by atoms with Gasteiger partial charge in [-0.2, -0.15) is 0 Å².